The van der Waals surface area contributed by atoms with Gasteiger partial charge in [0, 0.05) is 24.3 Å². The number of para-hydroxylation sites is 1. The average molecular weight is 396 g/mol. The number of hydrogen-bond acceptors (Lipinski definition) is 5. The Bertz CT molecular complexity index is 850. The summed E-state index contributed by atoms with van der Waals surface area (Å²) >= 11 is 0. The van der Waals surface area contributed by atoms with Crippen LogP contribution in [0, 0.1) is 0 Å². The number of hydrazine groups is 1. The highest BCUT2D eigenvalue weighted by atomic mass is 16.2. The molecular weight excluding hydrogens is 366 g/mol. The van der Waals surface area contributed by atoms with Gasteiger partial charge in [-0.3, -0.25) is 20.4 Å². The lowest BCUT2D eigenvalue weighted by Crippen LogP contribution is -2.43. The van der Waals surface area contributed by atoms with E-state index in [9.17, 15) is 9.59 Å². The van der Waals surface area contributed by atoms with Crippen LogP contribution < -0.4 is 16.2 Å². The summed E-state index contributed by atoms with van der Waals surface area (Å²) in [6.07, 6.45) is 3.22. The molecule has 0 saturated carbocycles. The third-order valence-electron chi connectivity index (χ3n) is 5.20. The number of benzene rings is 1. The van der Waals surface area contributed by atoms with Crippen LogP contribution in [0.15, 0.2) is 36.4 Å². The second-order valence-corrected chi connectivity index (χ2v) is 7.11. The molecule has 0 aliphatic heterocycles. The van der Waals surface area contributed by atoms with E-state index in [1.807, 2.05) is 36.4 Å². The van der Waals surface area contributed by atoms with Crippen LogP contribution in [-0.2, 0) is 17.6 Å². The molecule has 0 saturated heterocycles. The molecule has 2 aromatic rings. The minimum Gasteiger partial charge on any atom is -0.340 e. The van der Waals surface area contributed by atoms with Crippen molar-refractivity contribution < 1.29 is 9.59 Å². The van der Waals surface area contributed by atoms with E-state index in [0.29, 0.717) is 24.3 Å². The van der Waals surface area contributed by atoms with Gasteiger partial charge in [0.15, 0.2) is 0 Å². The number of pyridine rings is 1. The first kappa shape index (κ1) is 20.8. The third-order valence-corrected chi connectivity index (χ3v) is 5.20. The Morgan fingerprint density at radius 2 is 1.83 bits per heavy atom. The molecule has 0 spiro atoms. The van der Waals surface area contributed by atoms with Crippen molar-refractivity contribution >= 4 is 23.3 Å². The maximum atomic E-state index is 12.8. The van der Waals surface area contributed by atoms with E-state index < -0.39 is 0 Å². The molecule has 3 rings (SSSR count). The summed E-state index contributed by atoms with van der Waals surface area (Å²) in [5, 5.41) is 3.23. The van der Waals surface area contributed by atoms with Crippen molar-refractivity contribution in [2.45, 2.75) is 39.5 Å². The van der Waals surface area contributed by atoms with Crippen LogP contribution in [0.3, 0.4) is 0 Å². The lowest BCUT2D eigenvalue weighted by Gasteiger charge is -2.17. The van der Waals surface area contributed by atoms with Gasteiger partial charge >= 0.3 is 0 Å². The second kappa shape index (κ2) is 10.0. The molecule has 2 amide bonds. The van der Waals surface area contributed by atoms with Gasteiger partial charge in [-0.1, -0.05) is 32.0 Å². The highest BCUT2D eigenvalue weighted by Crippen LogP contribution is 2.27. The Kier molecular flexibility index (Phi) is 7.19. The van der Waals surface area contributed by atoms with Crippen LogP contribution in [-0.4, -0.2) is 41.3 Å². The molecule has 1 aliphatic rings. The first-order valence-corrected chi connectivity index (χ1v) is 10.3. The summed E-state index contributed by atoms with van der Waals surface area (Å²) in [4.78, 5) is 31.7. The number of nitrogens with zero attached hydrogens (tertiary/aromatic N) is 2. The largest absolute Gasteiger partial charge is 0.340 e. The summed E-state index contributed by atoms with van der Waals surface area (Å²) in [6.45, 7) is 6.57. The number of carbonyl (C=O) groups is 2. The number of rotatable bonds is 8. The van der Waals surface area contributed by atoms with Crippen LogP contribution in [0.1, 0.15) is 48.3 Å². The van der Waals surface area contributed by atoms with Gasteiger partial charge in [0.05, 0.1) is 5.56 Å². The van der Waals surface area contributed by atoms with E-state index in [1.54, 1.807) is 0 Å². The molecule has 1 heterocycles. The molecule has 3 N–H and O–H groups in total. The third kappa shape index (κ3) is 5.54. The fraction of sp³-hybridized carbons (Fsp3) is 0.409. The Morgan fingerprint density at radius 1 is 1.07 bits per heavy atom. The summed E-state index contributed by atoms with van der Waals surface area (Å²) in [6, 6.07) is 11.5. The molecule has 0 radical (unpaired) electrons. The number of fused-ring (bicyclic) bond motifs is 1. The lowest BCUT2D eigenvalue weighted by molar-refractivity contribution is -0.122. The minimum atomic E-state index is -0.373. The summed E-state index contributed by atoms with van der Waals surface area (Å²) < 4.78 is 0. The fourth-order valence-electron chi connectivity index (χ4n) is 3.45. The zero-order chi connectivity index (χ0) is 20.6. The summed E-state index contributed by atoms with van der Waals surface area (Å²) in [7, 11) is 0. The van der Waals surface area contributed by atoms with Crippen LogP contribution >= 0.6 is 0 Å². The molecule has 0 fully saturated rings. The van der Waals surface area contributed by atoms with E-state index in [0.717, 1.165) is 49.3 Å². The van der Waals surface area contributed by atoms with Crippen LogP contribution in [0.2, 0.25) is 0 Å². The quantitative estimate of drug-likeness (QED) is 0.599. The molecule has 0 atom stereocenters. The number of nitrogens with one attached hydrogen (secondary N) is 3. The average Bonchev–Trinajstić information content (AvgIpc) is 3.20. The monoisotopic (exact) mass is 395 g/mol. The Hall–Kier alpha value is -2.93. The molecule has 1 aromatic carbocycles. The highest BCUT2D eigenvalue weighted by Gasteiger charge is 2.21. The van der Waals surface area contributed by atoms with Crippen LogP contribution in [0.4, 0.5) is 11.5 Å². The van der Waals surface area contributed by atoms with Gasteiger partial charge in [-0.05, 0) is 56.1 Å². The Morgan fingerprint density at radius 3 is 2.55 bits per heavy atom. The van der Waals surface area contributed by atoms with Gasteiger partial charge in [-0.15, -0.1) is 0 Å². The van der Waals surface area contributed by atoms with Crippen molar-refractivity contribution in [3.05, 3.63) is 53.2 Å². The zero-order valence-electron chi connectivity index (χ0n) is 17.1. The van der Waals surface area contributed by atoms with E-state index in [1.165, 1.54) is 0 Å². The van der Waals surface area contributed by atoms with Crippen LogP contribution in [0.5, 0.6) is 0 Å². The Balaban J connectivity index is 1.68. The van der Waals surface area contributed by atoms with Crippen LogP contribution in [0.25, 0.3) is 0 Å². The standard InChI is InChI=1S/C22H29N5O2/c1-3-27(4-2)14-13-20(28)25-26-22(29)18-15-16-9-8-12-19(16)24-21(18)23-17-10-6-5-7-11-17/h5-7,10-11,15H,3-4,8-9,12-14H2,1-2H3,(H,23,24)(H,25,28)(H,26,29). The van der Waals surface area contributed by atoms with Gasteiger partial charge in [0.1, 0.15) is 5.82 Å². The maximum absolute atomic E-state index is 12.8. The maximum Gasteiger partial charge on any atom is 0.273 e. The first-order valence-electron chi connectivity index (χ1n) is 10.3. The van der Waals surface area contributed by atoms with Gasteiger partial charge < -0.3 is 10.2 Å². The smallest absolute Gasteiger partial charge is 0.273 e. The van der Waals surface area contributed by atoms with Crippen molar-refractivity contribution in [3.63, 3.8) is 0 Å². The molecule has 7 heteroatoms. The predicted molar refractivity (Wildman–Crippen MR) is 114 cm³/mol. The highest BCUT2D eigenvalue weighted by molar-refractivity contribution is 6.00. The minimum absolute atomic E-state index is 0.211. The number of aryl methyl sites for hydroxylation is 2. The number of amides is 2. The van der Waals surface area contributed by atoms with Gasteiger partial charge in [0.25, 0.3) is 5.91 Å². The number of aromatic nitrogens is 1. The molecule has 1 aromatic heterocycles. The second-order valence-electron chi connectivity index (χ2n) is 7.11. The van der Waals surface area contributed by atoms with Crippen molar-refractivity contribution in [1.82, 2.24) is 20.7 Å². The van der Waals surface area contributed by atoms with Crippen molar-refractivity contribution in [2.75, 3.05) is 25.0 Å². The first-order chi connectivity index (χ1) is 14.1. The number of hydrogen-bond donors (Lipinski definition) is 3. The molecule has 154 valence electrons. The molecule has 1 aliphatic carbocycles. The SMILES string of the molecule is CCN(CC)CCC(=O)NNC(=O)c1cc2c(nc1Nc1ccccc1)CCC2. The molecule has 0 bridgehead atoms. The van der Waals surface area contributed by atoms with E-state index in [4.69, 9.17) is 0 Å². The molecule has 0 unspecified atom stereocenters. The molecule has 29 heavy (non-hydrogen) atoms. The summed E-state index contributed by atoms with van der Waals surface area (Å²) in [5.74, 6) is -0.0782. The molecular formula is C22H29N5O2. The molecule has 7 nitrogen and oxygen atoms in total. The van der Waals surface area contributed by atoms with Crippen molar-refractivity contribution in [1.29, 1.82) is 0 Å². The van der Waals surface area contributed by atoms with Gasteiger partial charge in [0.2, 0.25) is 5.91 Å². The van der Waals surface area contributed by atoms with Crippen molar-refractivity contribution in [3.8, 4) is 0 Å². The topological polar surface area (TPSA) is 86.4 Å². The fourth-order valence-corrected chi connectivity index (χ4v) is 3.45. The van der Waals surface area contributed by atoms with Crippen molar-refractivity contribution in [2.24, 2.45) is 0 Å². The number of anilines is 2. The zero-order valence-corrected chi connectivity index (χ0v) is 17.1. The van der Waals surface area contributed by atoms with E-state index in [2.05, 4.69) is 39.9 Å². The van der Waals surface area contributed by atoms with Gasteiger partial charge in [-0.25, -0.2) is 4.98 Å². The Labute approximate surface area is 171 Å². The van der Waals surface area contributed by atoms with E-state index in [-0.39, 0.29) is 11.8 Å². The normalized spacial score (nSPS) is 12.5. The lowest BCUT2D eigenvalue weighted by atomic mass is 10.1. The van der Waals surface area contributed by atoms with E-state index >= 15 is 0 Å². The predicted octanol–water partition coefficient (Wildman–Crippen LogP) is 2.81. The number of carbonyl (C=O) groups excluding carboxylic acids is 2. The summed E-state index contributed by atoms with van der Waals surface area (Å²) in [5.41, 5.74) is 8.48. The van der Waals surface area contributed by atoms with Gasteiger partial charge in [-0.2, -0.15) is 0 Å².